The van der Waals surface area contributed by atoms with E-state index in [1.807, 2.05) is 6.07 Å². The van der Waals surface area contributed by atoms with Crippen LogP contribution in [0.25, 0.3) is 0 Å². The van der Waals surface area contributed by atoms with Crippen LogP contribution in [0.3, 0.4) is 0 Å². The monoisotopic (exact) mass is 215 g/mol. The molecule has 0 amide bonds. The summed E-state index contributed by atoms with van der Waals surface area (Å²) in [7, 11) is 0. The lowest BCUT2D eigenvalue weighted by Crippen LogP contribution is -2.10. The number of rotatable bonds is 2. The molecule has 1 fully saturated rings. The fourth-order valence-electron chi connectivity index (χ4n) is 1.28. The van der Waals surface area contributed by atoms with Crippen LogP contribution >= 0.6 is 23.4 Å². The third-order valence-corrected chi connectivity index (χ3v) is 3.32. The Balaban J connectivity index is 2.00. The Morgan fingerprint density at radius 2 is 2.46 bits per heavy atom. The molecule has 5 heteroatoms. The van der Waals surface area contributed by atoms with E-state index >= 15 is 0 Å². The molecule has 0 saturated carbocycles. The van der Waals surface area contributed by atoms with Crippen molar-refractivity contribution in [3.8, 4) is 0 Å². The van der Waals surface area contributed by atoms with Crippen molar-refractivity contribution in [1.29, 1.82) is 0 Å². The summed E-state index contributed by atoms with van der Waals surface area (Å²) < 4.78 is 0. The van der Waals surface area contributed by atoms with Gasteiger partial charge in [-0.3, -0.25) is 0 Å². The summed E-state index contributed by atoms with van der Waals surface area (Å²) >= 11 is 7.52. The maximum absolute atomic E-state index is 5.75. The van der Waals surface area contributed by atoms with Crippen molar-refractivity contribution in [2.24, 2.45) is 0 Å². The highest BCUT2D eigenvalue weighted by Crippen LogP contribution is 2.25. The predicted octanol–water partition coefficient (Wildman–Crippen LogP) is 1.58. The molecule has 2 heterocycles. The van der Waals surface area contributed by atoms with Crippen LogP contribution in [0.2, 0.25) is 5.15 Å². The van der Waals surface area contributed by atoms with Crippen molar-refractivity contribution in [2.45, 2.75) is 16.7 Å². The van der Waals surface area contributed by atoms with Gasteiger partial charge in [0.2, 0.25) is 0 Å². The van der Waals surface area contributed by atoms with Gasteiger partial charge in [0.05, 0.1) is 0 Å². The quantitative estimate of drug-likeness (QED) is 0.761. The van der Waals surface area contributed by atoms with Crippen LogP contribution in [0.5, 0.6) is 0 Å². The van der Waals surface area contributed by atoms with Crippen molar-refractivity contribution in [3.05, 3.63) is 17.5 Å². The molecular weight excluding hydrogens is 206 g/mol. The molecule has 1 aromatic heterocycles. The second-order valence-corrected chi connectivity index (χ2v) is 4.62. The first kappa shape index (κ1) is 9.24. The molecule has 0 aliphatic carbocycles. The lowest BCUT2D eigenvalue weighted by molar-refractivity contribution is 0.858. The first-order valence-electron chi connectivity index (χ1n) is 4.19. The molecule has 1 aromatic rings. The molecule has 1 aliphatic heterocycles. The molecule has 0 spiro atoms. The molecule has 1 N–H and O–H groups in total. The van der Waals surface area contributed by atoms with Crippen LogP contribution in [0.1, 0.15) is 6.42 Å². The van der Waals surface area contributed by atoms with Gasteiger partial charge >= 0.3 is 0 Å². The summed E-state index contributed by atoms with van der Waals surface area (Å²) in [5.74, 6) is 0. The summed E-state index contributed by atoms with van der Waals surface area (Å²) in [5, 5.41) is 5.42. The largest absolute Gasteiger partial charge is 0.316 e. The number of nitrogens with zero attached hydrogens (tertiary/aromatic N) is 2. The SMILES string of the molecule is Clc1cc(S[C@@H]2CCNC2)ncn1. The Bertz CT molecular complexity index is 288. The number of aromatic nitrogens is 2. The first-order chi connectivity index (χ1) is 6.34. The molecule has 0 radical (unpaired) electrons. The number of hydrogen-bond acceptors (Lipinski definition) is 4. The van der Waals surface area contributed by atoms with E-state index in [4.69, 9.17) is 11.6 Å². The molecule has 0 unspecified atom stereocenters. The highest BCUT2D eigenvalue weighted by molar-refractivity contribution is 7.99. The fourth-order valence-corrected chi connectivity index (χ4v) is 2.56. The van der Waals surface area contributed by atoms with E-state index in [1.165, 1.54) is 12.7 Å². The van der Waals surface area contributed by atoms with Crippen LogP contribution in [0.4, 0.5) is 0 Å². The van der Waals surface area contributed by atoms with Crippen molar-refractivity contribution < 1.29 is 0 Å². The van der Waals surface area contributed by atoms with Gasteiger partial charge in [-0.1, -0.05) is 11.6 Å². The number of hydrogen-bond donors (Lipinski definition) is 1. The topological polar surface area (TPSA) is 37.8 Å². The van der Waals surface area contributed by atoms with E-state index in [-0.39, 0.29) is 0 Å². The summed E-state index contributed by atoms with van der Waals surface area (Å²) in [6, 6.07) is 1.81. The van der Waals surface area contributed by atoms with Gasteiger partial charge in [-0.2, -0.15) is 0 Å². The summed E-state index contributed by atoms with van der Waals surface area (Å²) in [4.78, 5) is 7.98. The zero-order valence-electron chi connectivity index (χ0n) is 7.03. The summed E-state index contributed by atoms with van der Waals surface area (Å²) in [6.07, 6.45) is 2.71. The Hall–Kier alpha value is -0.320. The molecule has 0 bridgehead atoms. The van der Waals surface area contributed by atoms with Gasteiger partial charge in [0, 0.05) is 17.9 Å². The fraction of sp³-hybridized carbons (Fsp3) is 0.500. The normalized spacial score (nSPS) is 22.1. The molecule has 1 aliphatic rings. The zero-order valence-corrected chi connectivity index (χ0v) is 8.61. The second kappa shape index (κ2) is 4.26. The molecule has 3 nitrogen and oxygen atoms in total. The Morgan fingerprint density at radius 1 is 1.54 bits per heavy atom. The van der Waals surface area contributed by atoms with E-state index in [1.54, 1.807) is 11.8 Å². The predicted molar refractivity (Wildman–Crippen MR) is 54.2 cm³/mol. The Labute approximate surface area is 86.3 Å². The maximum atomic E-state index is 5.75. The first-order valence-corrected chi connectivity index (χ1v) is 5.45. The highest BCUT2D eigenvalue weighted by Gasteiger charge is 2.16. The molecule has 1 saturated heterocycles. The van der Waals surface area contributed by atoms with E-state index in [0.29, 0.717) is 10.4 Å². The van der Waals surface area contributed by atoms with Crippen LogP contribution in [0.15, 0.2) is 17.4 Å². The van der Waals surface area contributed by atoms with Gasteiger partial charge in [-0.25, -0.2) is 9.97 Å². The van der Waals surface area contributed by atoms with Crippen LogP contribution < -0.4 is 5.32 Å². The average Bonchev–Trinajstić information content (AvgIpc) is 2.57. The minimum absolute atomic E-state index is 0.517. The molecule has 2 rings (SSSR count). The van der Waals surface area contributed by atoms with Gasteiger partial charge in [0.15, 0.2) is 0 Å². The van der Waals surface area contributed by atoms with E-state index < -0.39 is 0 Å². The second-order valence-electron chi connectivity index (χ2n) is 2.91. The van der Waals surface area contributed by atoms with Crippen molar-refractivity contribution >= 4 is 23.4 Å². The minimum atomic E-state index is 0.517. The van der Waals surface area contributed by atoms with Crippen LogP contribution in [0, 0.1) is 0 Å². The third kappa shape index (κ3) is 2.56. The van der Waals surface area contributed by atoms with E-state index in [0.717, 1.165) is 18.1 Å². The van der Waals surface area contributed by atoms with Crippen molar-refractivity contribution in [3.63, 3.8) is 0 Å². The molecule has 0 aromatic carbocycles. The third-order valence-electron chi connectivity index (χ3n) is 1.91. The zero-order chi connectivity index (χ0) is 9.10. The van der Waals surface area contributed by atoms with Gasteiger partial charge in [-0.05, 0) is 13.0 Å². The van der Waals surface area contributed by atoms with Gasteiger partial charge in [0.1, 0.15) is 16.5 Å². The molecular formula is C8H10ClN3S. The smallest absolute Gasteiger partial charge is 0.133 e. The number of thioether (sulfide) groups is 1. The van der Waals surface area contributed by atoms with Crippen LogP contribution in [-0.2, 0) is 0 Å². The minimum Gasteiger partial charge on any atom is -0.316 e. The van der Waals surface area contributed by atoms with E-state index in [9.17, 15) is 0 Å². The molecule has 70 valence electrons. The van der Waals surface area contributed by atoms with Gasteiger partial charge in [-0.15, -0.1) is 11.8 Å². The molecule has 13 heavy (non-hydrogen) atoms. The summed E-state index contributed by atoms with van der Waals surface area (Å²) in [6.45, 7) is 2.17. The van der Waals surface area contributed by atoms with E-state index in [2.05, 4.69) is 15.3 Å². The Morgan fingerprint density at radius 3 is 3.15 bits per heavy atom. The lowest BCUT2D eigenvalue weighted by atomic mass is 10.4. The van der Waals surface area contributed by atoms with Crippen molar-refractivity contribution in [1.82, 2.24) is 15.3 Å². The maximum Gasteiger partial charge on any atom is 0.133 e. The van der Waals surface area contributed by atoms with Gasteiger partial charge in [0.25, 0.3) is 0 Å². The summed E-state index contributed by atoms with van der Waals surface area (Å²) in [5.41, 5.74) is 0. The highest BCUT2D eigenvalue weighted by atomic mass is 35.5. The number of nitrogens with one attached hydrogen (secondary N) is 1. The standard InChI is InChI=1S/C8H10ClN3S/c9-7-3-8(12-5-11-7)13-6-1-2-10-4-6/h3,5-6,10H,1-2,4H2/t6-/m1/s1. The van der Waals surface area contributed by atoms with Gasteiger partial charge < -0.3 is 5.32 Å². The van der Waals surface area contributed by atoms with Crippen molar-refractivity contribution in [2.75, 3.05) is 13.1 Å². The average molecular weight is 216 g/mol. The van der Waals surface area contributed by atoms with Crippen LogP contribution in [-0.4, -0.2) is 28.3 Å². The lowest BCUT2D eigenvalue weighted by Gasteiger charge is -2.05. The Kier molecular flexibility index (Phi) is 3.03. The molecule has 1 atom stereocenters. The number of halogens is 1.